The largest absolute Gasteiger partial charge is 0.384 e. The van der Waals surface area contributed by atoms with E-state index in [1.54, 1.807) is 0 Å². The van der Waals surface area contributed by atoms with Crippen molar-refractivity contribution in [1.82, 2.24) is 4.98 Å². The quantitative estimate of drug-likeness (QED) is 0.776. The predicted octanol–water partition coefficient (Wildman–Crippen LogP) is 2.57. The molecule has 1 aromatic rings. The van der Waals surface area contributed by atoms with Crippen LogP contribution < -0.4 is 11.1 Å². The van der Waals surface area contributed by atoms with Crippen molar-refractivity contribution in [3.8, 4) is 0 Å². The molecule has 0 saturated carbocycles. The highest BCUT2D eigenvalue weighted by atomic mass is 14.9. The highest BCUT2D eigenvalue weighted by molar-refractivity contribution is 5.43. The summed E-state index contributed by atoms with van der Waals surface area (Å²) in [6.45, 7) is 8.07. The summed E-state index contributed by atoms with van der Waals surface area (Å²) in [5, 5.41) is 3.46. The number of hydrogen-bond acceptors (Lipinski definition) is 3. The van der Waals surface area contributed by atoms with E-state index >= 15 is 0 Å². The van der Waals surface area contributed by atoms with Crippen molar-refractivity contribution in [2.45, 2.75) is 33.6 Å². The standard InChI is InChI=1S/C13H23N3/c1-4-13(5-2,9-14)10-16-12-6-7-15-11(3)8-12/h6-8H,4-5,9-10,14H2,1-3H3,(H,15,16). The fourth-order valence-corrected chi connectivity index (χ4v) is 1.81. The fourth-order valence-electron chi connectivity index (χ4n) is 1.81. The van der Waals surface area contributed by atoms with Crippen LogP contribution in [0.15, 0.2) is 18.3 Å². The number of nitrogens with zero attached hydrogens (tertiary/aromatic N) is 1. The highest BCUT2D eigenvalue weighted by Gasteiger charge is 2.23. The normalized spacial score (nSPS) is 11.5. The number of aryl methyl sites for hydroxylation is 1. The van der Waals surface area contributed by atoms with E-state index in [2.05, 4.69) is 30.2 Å². The number of aromatic nitrogens is 1. The number of anilines is 1. The van der Waals surface area contributed by atoms with Gasteiger partial charge in [0.1, 0.15) is 0 Å². The molecule has 0 aliphatic rings. The third-order valence-electron chi connectivity index (χ3n) is 3.50. The first-order valence-electron chi connectivity index (χ1n) is 6.02. The van der Waals surface area contributed by atoms with Gasteiger partial charge in [0.2, 0.25) is 0 Å². The molecule has 0 aromatic carbocycles. The Hall–Kier alpha value is -1.09. The molecule has 1 rings (SSSR count). The van der Waals surface area contributed by atoms with Crippen molar-refractivity contribution in [2.75, 3.05) is 18.4 Å². The minimum absolute atomic E-state index is 0.219. The molecule has 0 amide bonds. The van der Waals surface area contributed by atoms with Gasteiger partial charge in [0, 0.05) is 24.1 Å². The van der Waals surface area contributed by atoms with E-state index in [4.69, 9.17) is 5.73 Å². The molecule has 0 spiro atoms. The molecule has 0 unspecified atom stereocenters. The summed E-state index contributed by atoms with van der Waals surface area (Å²) in [6.07, 6.45) is 4.05. The molecule has 1 heterocycles. The zero-order chi connectivity index (χ0) is 12.0. The zero-order valence-corrected chi connectivity index (χ0v) is 10.6. The van der Waals surface area contributed by atoms with Gasteiger partial charge in [-0.15, -0.1) is 0 Å². The smallest absolute Gasteiger partial charge is 0.0393 e. The van der Waals surface area contributed by atoms with Crippen molar-refractivity contribution < 1.29 is 0 Å². The first kappa shape index (κ1) is 13.0. The van der Waals surface area contributed by atoms with Crippen LogP contribution in [0, 0.1) is 12.3 Å². The van der Waals surface area contributed by atoms with Gasteiger partial charge in [0.15, 0.2) is 0 Å². The van der Waals surface area contributed by atoms with E-state index in [1.807, 2.05) is 19.2 Å². The van der Waals surface area contributed by atoms with Crippen LogP contribution in [0.1, 0.15) is 32.4 Å². The van der Waals surface area contributed by atoms with Gasteiger partial charge < -0.3 is 11.1 Å². The first-order valence-corrected chi connectivity index (χ1v) is 6.02. The third-order valence-corrected chi connectivity index (χ3v) is 3.50. The molecular formula is C13H23N3. The summed E-state index contributed by atoms with van der Waals surface area (Å²) in [5.74, 6) is 0. The van der Waals surface area contributed by atoms with E-state index < -0.39 is 0 Å². The van der Waals surface area contributed by atoms with Gasteiger partial charge in [-0.1, -0.05) is 13.8 Å². The number of hydrogen-bond donors (Lipinski definition) is 2. The molecular weight excluding hydrogens is 198 g/mol. The second kappa shape index (κ2) is 5.85. The second-order valence-electron chi connectivity index (χ2n) is 4.45. The van der Waals surface area contributed by atoms with Gasteiger partial charge in [-0.25, -0.2) is 0 Å². The second-order valence-corrected chi connectivity index (χ2v) is 4.45. The maximum Gasteiger partial charge on any atom is 0.0393 e. The van der Waals surface area contributed by atoms with Gasteiger partial charge in [-0.3, -0.25) is 4.98 Å². The van der Waals surface area contributed by atoms with Crippen molar-refractivity contribution in [3.05, 3.63) is 24.0 Å². The molecule has 0 aliphatic carbocycles. The zero-order valence-electron chi connectivity index (χ0n) is 10.6. The van der Waals surface area contributed by atoms with Gasteiger partial charge in [0.05, 0.1) is 0 Å². The first-order chi connectivity index (χ1) is 7.65. The molecule has 3 nitrogen and oxygen atoms in total. The average Bonchev–Trinajstić information content (AvgIpc) is 2.32. The maximum atomic E-state index is 5.87. The van der Waals surface area contributed by atoms with Crippen LogP contribution in [-0.2, 0) is 0 Å². The van der Waals surface area contributed by atoms with Crippen LogP contribution in [0.5, 0.6) is 0 Å². The van der Waals surface area contributed by atoms with Crippen LogP contribution in [0.25, 0.3) is 0 Å². The Morgan fingerprint density at radius 3 is 2.56 bits per heavy atom. The molecule has 0 aliphatic heterocycles. The SMILES string of the molecule is CCC(CC)(CN)CNc1ccnc(C)c1. The van der Waals surface area contributed by atoms with Crippen LogP contribution in [0.2, 0.25) is 0 Å². The van der Waals surface area contributed by atoms with E-state index in [0.717, 1.165) is 37.3 Å². The third kappa shape index (κ3) is 3.20. The Labute approximate surface area is 98.5 Å². The van der Waals surface area contributed by atoms with Gasteiger partial charge in [-0.2, -0.15) is 0 Å². The van der Waals surface area contributed by atoms with Gasteiger partial charge in [0.25, 0.3) is 0 Å². The Bertz CT molecular complexity index is 310. The van der Waals surface area contributed by atoms with Gasteiger partial charge in [-0.05, 0) is 43.9 Å². The lowest BCUT2D eigenvalue weighted by Crippen LogP contribution is -2.36. The number of nitrogens with one attached hydrogen (secondary N) is 1. The number of nitrogens with two attached hydrogens (primary N) is 1. The molecule has 90 valence electrons. The fraction of sp³-hybridized carbons (Fsp3) is 0.615. The van der Waals surface area contributed by atoms with E-state index in [9.17, 15) is 0 Å². The van der Waals surface area contributed by atoms with E-state index in [0.29, 0.717) is 0 Å². The highest BCUT2D eigenvalue weighted by Crippen LogP contribution is 2.25. The lowest BCUT2D eigenvalue weighted by molar-refractivity contribution is 0.294. The van der Waals surface area contributed by atoms with E-state index in [1.165, 1.54) is 0 Å². The lowest BCUT2D eigenvalue weighted by Gasteiger charge is -2.30. The van der Waals surface area contributed by atoms with Crippen molar-refractivity contribution >= 4 is 5.69 Å². The summed E-state index contributed by atoms with van der Waals surface area (Å²) in [5.41, 5.74) is 8.26. The molecule has 3 heteroatoms. The Kier molecular flexibility index (Phi) is 4.74. The maximum absolute atomic E-state index is 5.87. The van der Waals surface area contributed by atoms with Gasteiger partial charge >= 0.3 is 0 Å². The van der Waals surface area contributed by atoms with Crippen molar-refractivity contribution in [1.29, 1.82) is 0 Å². The van der Waals surface area contributed by atoms with Crippen LogP contribution in [0.3, 0.4) is 0 Å². The minimum Gasteiger partial charge on any atom is -0.384 e. The average molecular weight is 221 g/mol. The van der Waals surface area contributed by atoms with Crippen molar-refractivity contribution in [3.63, 3.8) is 0 Å². The molecule has 0 bridgehead atoms. The summed E-state index contributed by atoms with van der Waals surface area (Å²) >= 11 is 0. The number of pyridine rings is 1. The topological polar surface area (TPSA) is 50.9 Å². The molecule has 0 fully saturated rings. The lowest BCUT2D eigenvalue weighted by atomic mass is 9.82. The molecule has 3 N–H and O–H groups in total. The van der Waals surface area contributed by atoms with Crippen LogP contribution in [-0.4, -0.2) is 18.1 Å². The summed E-state index contributed by atoms with van der Waals surface area (Å²) < 4.78 is 0. The minimum atomic E-state index is 0.219. The summed E-state index contributed by atoms with van der Waals surface area (Å²) in [4.78, 5) is 4.18. The Balaban J connectivity index is 2.62. The van der Waals surface area contributed by atoms with Crippen LogP contribution >= 0.6 is 0 Å². The molecule has 16 heavy (non-hydrogen) atoms. The Morgan fingerprint density at radius 2 is 2.06 bits per heavy atom. The predicted molar refractivity (Wildman–Crippen MR) is 69.5 cm³/mol. The Morgan fingerprint density at radius 1 is 1.38 bits per heavy atom. The van der Waals surface area contributed by atoms with Crippen molar-refractivity contribution in [2.24, 2.45) is 11.1 Å². The number of rotatable bonds is 6. The molecule has 0 saturated heterocycles. The summed E-state index contributed by atoms with van der Waals surface area (Å²) in [7, 11) is 0. The molecule has 1 aromatic heterocycles. The summed E-state index contributed by atoms with van der Waals surface area (Å²) in [6, 6.07) is 4.06. The molecule has 0 atom stereocenters. The van der Waals surface area contributed by atoms with E-state index in [-0.39, 0.29) is 5.41 Å². The molecule has 0 radical (unpaired) electrons. The van der Waals surface area contributed by atoms with Crippen LogP contribution in [0.4, 0.5) is 5.69 Å². The monoisotopic (exact) mass is 221 g/mol.